The molecule has 112 valence electrons. The Morgan fingerprint density at radius 1 is 1.00 bits per heavy atom. The fourth-order valence-electron chi connectivity index (χ4n) is 2.67. The zero-order valence-corrected chi connectivity index (χ0v) is 13.1. The van der Waals surface area contributed by atoms with Gasteiger partial charge in [0.25, 0.3) is 0 Å². The highest BCUT2D eigenvalue weighted by Gasteiger charge is 2.17. The smallest absolute Gasteiger partial charge is 0.130 e. The first-order valence-corrected chi connectivity index (χ1v) is 7.09. The minimum absolute atomic E-state index is 0.614. The number of ether oxygens (including phenoxy) is 3. The van der Waals surface area contributed by atoms with Crippen molar-refractivity contribution < 1.29 is 14.2 Å². The average molecular weight is 286 g/mol. The van der Waals surface area contributed by atoms with Crippen LogP contribution < -0.4 is 9.47 Å². The Morgan fingerprint density at radius 2 is 1.62 bits per heavy atom. The number of fused-ring (bicyclic) bond motifs is 1. The summed E-state index contributed by atoms with van der Waals surface area (Å²) in [6, 6.07) is 8.15. The first-order valence-electron chi connectivity index (χ1n) is 7.09. The molecule has 0 aliphatic rings. The van der Waals surface area contributed by atoms with Gasteiger partial charge in [0.2, 0.25) is 0 Å². The summed E-state index contributed by atoms with van der Waals surface area (Å²) < 4.78 is 16.7. The van der Waals surface area contributed by atoms with E-state index in [4.69, 9.17) is 14.2 Å². The third-order valence-electron chi connectivity index (χ3n) is 3.59. The Balaban J connectivity index is 2.54. The molecule has 0 aromatic heterocycles. The van der Waals surface area contributed by atoms with Gasteiger partial charge in [0.05, 0.1) is 27.1 Å². The van der Waals surface area contributed by atoms with Gasteiger partial charge in [-0.2, -0.15) is 0 Å². The maximum atomic E-state index is 5.67. The molecule has 0 saturated heterocycles. The van der Waals surface area contributed by atoms with Crippen LogP contribution in [0.4, 0.5) is 0 Å². The van der Waals surface area contributed by atoms with Crippen LogP contribution in [-0.2, 0) is 11.2 Å². The molecule has 21 heavy (non-hydrogen) atoms. The number of hydrogen-bond donors (Lipinski definition) is 0. The molecule has 3 heteroatoms. The Morgan fingerprint density at radius 3 is 2.19 bits per heavy atom. The highest BCUT2D eigenvalue weighted by molar-refractivity contribution is 5.96. The SMILES string of the molecule is C/C=C\OCCc1c(C)c(OC)c2ccccc2c1OC. The minimum Gasteiger partial charge on any atom is -0.501 e. The van der Waals surface area contributed by atoms with E-state index in [1.807, 2.05) is 25.1 Å². The summed E-state index contributed by atoms with van der Waals surface area (Å²) in [6.07, 6.45) is 4.37. The highest BCUT2D eigenvalue weighted by Crippen LogP contribution is 2.40. The third kappa shape index (κ3) is 2.97. The van der Waals surface area contributed by atoms with E-state index >= 15 is 0 Å². The molecule has 0 spiro atoms. The fourth-order valence-corrected chi connectivity index (χ4v) is 2.67. The molecule has 2 rings (SSSR count). The second-order valence-corrected chi connectivity index (χ2v) is 4.81. The molecule has 0 amide bonds. The molecule has 0 atom stereocenters. The summed E-state index contributed by atoms with van der Waals surface area (Å²) in [4.78, 5) is 0. The number of rotatable bonds is 6. The van der Waals surface area contributed by atoms with E-state index in [9.17, 15) is 0 Å². The van der Waals surface area contributed by atoms with E-state index in [1.54, 1.807) is 20.5 Å². The van der Waals surface area contributed by atoms with Crippen molar-refractivity contribution in [3.05, 3.63) is 47.7 Å². The monoisotopic (exact) mass is 286 g/mol. The highest BCUT2D eigenvalue weighted by atomic mass is 16.5. The van der Waals surface area contributed by atoms with Crippen molar-refractivity contribution in [2.24, 2.45) is 0 Å². The Bertz CT molecular complexity index is 644. The molecule has 0 fully saturated rings. The molecular weight excluding hydrogens is 264 g/mol. The average Bonchev–Trinajstić information content (AvgIpc) is 2.51. The van der Waals surface area contributed by atoms with Gasteiger partial charge in [0, 0.05) is 22.8 Å². The van der Waals surface area contributed by atoms with Crippen LogP contribution in [0.2, 0.25) is 0 Å². The first kappa shape index (κ1) is 15.2. The van der Waals surface area contributed by atoms with Crippen LogP contribution in [0.25, 0.3) is 10.8 Å². The zero-order chi connectivity index (χ0) is 15.2. The van der Waals surface area contributed by atoms with E-state index in [2.05, 4.69) is 19.1 Å². The maximum Gasteiger partial charge on any atom is 0.130 e. The van der Waals surface area contributed by atoms with Gasteiger partial charge in [-0.25, -0.2) is 0 Å². The molecule has 0 heterocycles. The molecule has 0 aliphatic heterocycles. The van der Waals surface area contributed by atoms with Crippen molar-refractivity contribution in [1.29, 1.82) is 0 Å². The number of benzene rings is 2. The molecule has 0 N–H and O–H groups in total. The molecule has 0 saturated carbocycles. The quantitative estimate of drug-likeness (QED) is 0.586. The molecule has 3 nitrogen and oxygen atoms in total. The molecular formula is C18H22O3. The lowest BCUT2D eigenvalue weighted by atomic mass is 9.96. The van der Waals surface area contributed by atoms with Crippen LogP contribution >= 0.6 is 0 Å². The predicted molar refractivity (Wildman–Crippen MR) is 86.3 cm³/mol. The van der Waals surface area contributed by atoms with Gasteiger partial charge in [-0.3, -0.25) is 0 Å². The van der Waals surface area contributed by atoms with Crippen LogP contribution in [0.3, 0.4) is 0 Å². The molecule has 0 aliphatic carbocycles. The number of allylic oxidation sites excluding steroid dienone is 1. The zero-order valence-electron chi connectivity index (χ0n) is 13.1. The lowest BCUT2D eigenvalue weighted by Crippen LogP contribution is -2.03. The van der Waals surface area contributed by atoms with E-state index in [1.165, 1.54) is 0 Å². The van der Waals surface area contributed by atoms with Crippen LogP contribution in [0.5, 0.6) is 11.5 Å². The summed E-state index contributed by atoms with van der Waals surface area (Å²) >= 11 is 0. The van der Waals surface area contributed by atoms with E-state index < -0.39 is 0 Å². The van der Waals surface area contributed by atoms with E-state index in [0.717, 1.165) is 39.8 Å². The van der Waals surface area contributed by atoms with Crippen LogP contribution in [0.1, 0.15) is 18.1 Å². The summed E-state index contributed by atoms with van der Waals surface area (Å²) in [5.41, 5.74) is 2.25. The van der Waals surface area contributed by atoms with Gasteiger partial charge < -0.3 is 14.2 Å². The van der Waals surface area contributed by atoms with Crippen LogP contribution in [-0.4, -0.2) is 20.8 Å². The van der Waals surface area contributed by atoms with Gasteiger partial charge in [-0.1, -0.05) is 30.3 Å². The van der Waals surface area contributed by atoms with Gasteiger partial charge in [-0.05, 0) is 19.4 Å². The van der Waals surface area contributed by atoms with Crippen LogP contribution in [0, 0.1) is 6.92 Å². The molecule has 0 radical (unpaired) electrons. The number of methoxy groups -OCH3 is 2. The number of hydrogen-bond acceptors (Lipinski definition) is 3. The summed E-state index contributed by atoms with van der Waals surface area (Å²) in [7, 11) is 3.42. The summed E-state index contributed by atoms with van der Waals surface area (Å²) in [5.74, 6) is 1.82. The van der Waals surface area contributed by atoms with Crippen LogP contribution in [0.15, 0.2) is 36.6 Å². The molecule has 0 bridgehead atoms. The second-order valence-electron chi connectivity index (χ2n) is 4.81. The van der Waals surface area contributed by atoms with E-state index in [0.29, 0.717) is 6.61 Å². The van der Waals surface area contributed by atoms with Crippen molar-refractivity contribution >= 4 is 10.8 Å². The standard InChI is InChI=1S/C18H22O3/c1-5-11-21-12-10-14-13(2)17(19-3)15-8-6-7-9-16(15)18(14)20-4/h5-9,11H,10,12H2,1-4H3/b11-5-. The van der Waals surface area contributed by atoms with Gasteiger partial charge >= 0.3 is 0 Å². The first-order chi connectivity index (χ1) is 10.2. The molecule has 2 aromatic rings. The Kier molecular flexibility index (Phi) is 5.09. The topological polar surface area (TPSA) is 27.7 Å². The van der Waals surface area contributed by atoms with Crippen molar-refractivity contribution in [1.82, 2.24) is 0 Å². The van der Waals surface area contributed by atoms with E-state index in [-0.39, 0.29) is 0 Å². The Hall–Kier alpha value is -2.16. The van der Waals surface area contributed by atoms with Gasteiger partial charge in [0.1, 0.15) is 11.5 Å². The van der Waals surface area contributed by atoms with Crippen molar-refractivity contribution in [2.75, 3.05) is 20.8 Å². The second kappa shape index (κ2) is 7.02. The van der Waals surface area contributed by atoms with Crippen molar-refractivity contribution in [3.63, 3.8) is 0 Å². The normalized spacial score (nSPS) is 11.0. The predicted octanol–water partition coefficient (Wildman–Crippen LogP) is 4.26. The maximum absolute atomic E-state index is 5.67. The summed E-state index contributed by atoms with van der Waals surface area (Å²) in [6.45, 7) is 4.62. The third-order valence-corrected chi connectivity index (χ3v) is 3.59. The molecule has 2 aromatic carbocycles. The van der Waals surface area contributed by atoms with Gasteiger partial charge in [0.15, 0.2) is 0 Å². The van der Waals surface area contributed by atoms with Crippen molar-refractivity contribution in [2.45, 2.75) is 20.3 Å². The lowest BCUT2D eigenvalue weighted by Gasteiger charge is -2.18. The fraction of sp³-hybridized carbons (Fsp3) is 0.333. The molecule has 0 unspecified atom stereocenters. The lowest BCUT2D eigenvalue weighted by molar-refractivity contribution is 0.251. The largest absolute Gasteiger partial charge is 0.501 e. The van der Waals surface area contributed by atoms with Gasteiger partial charge in [-0.15, -0.1) is 0 Å². The Labute approximate surface area is 126 Å². The van der Waals surface area contributed by atoms with Crippen molar-refractivity contribution in [3.8, 4) is 11.5 Å². The minimum atomic E-state index is 0.614. The summed E-state index contributed by atoms with van der Waals surface area (Å²) in [5, 5.41) is 2.15.